The normalized spacial score (nSPS) is 21.6. The molecule has 29 heavy (non-hydrogen) atoms. The van der Waals surface area contributed by atoms with E-state index in [9.17, 15) is 9.90 Å². The molecule has 1 aliphatic heterocycles. The van der Waals surface area contributed by atoms with Crippen LogP contribution in [0.5, 0.6) is 0 Å². The molecule has 0 aromatic heterocycles. The number of amides is 1. The number of ether oxygens (including phenoxy) is 1. The second kappa shape index (κ2) is 9.36. The Morgan fingerprint density at radius 3 is 2.34 bits per heavy atom. The van der Waals surface area contributed by atoms with Crippen molar-refractivity contribution in [2.24, 2.45) is 0 Å². The molecule has 3 rings (SSSR count). The molecule has 1 atom stereocenters. The second-order valence-corrected chi connectivity index (χ2v) is 10.4. The number of carbonyl (C=O) groups is 1. The maximum Gasteiger partial charge on any atom is 0.410 e. The van der Waals surface area contributed by atoms with Crippen molar-refractivity contribution in [3.8, 4) is 0 Å². The van der Waals surface area contributed by atoms with Crippen LogP contribution >= 0.6 is 15.9 Å². The zero-order chi connectivity index (χ0) is 21.1. The zero-order valence-corrected chi connectivity index (χ0v) is 19.6. The molecule has 1 aromatic rings. The Hall–Kier alpha value is -1.11. The fraction of sp³-hybridized carbons (Fsp3) is 0.696. The van der Waals surface area contributed by atoms with Gasteiger partial charge in [-0.05, 0) is 45.2 Å². The Balaban J connectivity index is 1.68. The summed E-state index contributed by atoms with van der Waals surface area (Å²) in [4.78, 5) is 16.5. The first-order chi connectivity index (χ1) is 13.7. The number of carbonyl (C=O) groups excluding carboxylic acids is 1. The fourth-order valence-corrected chi connectivity index (χ4v) is 5.09. The van der Waals surface area contributed by atoms with Crippen molar-refractivity contribution in [1.82, 2.24) is 9.80 Å². The van der Waals surface area contributed by atoms with E-state index in [0.29, 0.717) is 13.1 Å². The van der Waals surface area contributed by atoms with E-state index in [-0.39, 0.29) is 12.0 Å². The molecule has 1 aromatic carbocycles. The first-order valence-corrected chi connectivity index (χ1v) is 11.6. The van der Waals surface area contributed by atoms with Crippen LogP contribution in [-0.2, 0) is 4.74 Å². The molecule has 2 fully saturated rings. The van der Waals surface area contributed by atoms with Gasteiger partial charge in [-0.3, -0.25) is 4.90 Å². The number of rotatable bonds is 4. The fourth-order valence-electron chi connectivity index (χ4n) is 4.53. The zero-order valence-electron chi connectivity index (χ0n) is 18.0. The highest BCUT2D eigenvalue weighted by molar-refractivity contribution is 9.10. The highest BCUT2D eigenvalue weighted by Gasteiger charge is 2.40. The topological polar surface area (TPSA) is 53.0 Å². The lowest BCUT2D eigenvalue weighted by molar-refractivity contribution is -0.0358. The summed E-state index contributed by atoms with van der Waals surface area (Å²) in [5, 5.41) is 11.6. The van der Waals surface area contributed by atoms with Gasteiger partial charge in [-0.2, -0.15) is 0 Å². The van der Waals surface area contributed by atoms with Crippen molar-refractivity contribution in [3.63, 3.8) is 0 Å². The van der Waals surface area contributed by atoms with E-state index in [0.717, 1.165) is 49.8 Å². The number of hydrogen-bond donors (Lipinski definition) is 1. The molecule has 1 saturated heterocycles. The van der Waals surface area contributed by atoms with Gasteiger partial charge in [0.05, 0.1) is 5.60 Å². The molecular formula is C23H35BrN2O3. The monoisotopic (exact) mass is 466 g/mol. The molecule has 1 N–H and O–H groups in total. The van der Waals surface area contributed by atoms with Gasteiger partial charge in [0.15, 0.2) is 0 Å². The molecule has 5 nitrogen and oxygen atoms in total. The van der Waals surface area contributed by atoms with Gasteiger partial charge in [-0.25, -0.2) is 4.79 Å². The van der Waals surface area contributed by atoms with Gasteiger partial charge in [-0.1, -0.05) is 53.4 Å². The van der Waals surface area contributed by atoms with Gasteiger partial charge >= 0.3 is 6.09 Å². The number of benzene rings is 1. The van der Waals surface area contributed by atoms with Crippen LogP contribution in [0.25, 0.3) is 0 Å². The number of aliphatic hydroxyl groups is 1. The van der Waals surface area contributed by atoms with Crippen molar-refractivity contribution < 1.29 is 14.6 Å². The predicted octanol–water partition coefficient (Wildman–Crippen LogP) is 4.78. The minimum Gasteiger partial charge on any atom is -0.444 e. The minimum atomic E-state index is -0.662. The number of nitrogens with zero attached hydrogens (tertiary/aromatic N) is 2. The van der Waals surface area contributed by atoms with E-state index in [1.807, 2.05) is 26.8 Å². The standard InChI is InChI=1S/C23H35BrN2O3/c1-22(2,3)29-21(27)26-15-13-25(14-16-26)17-19(18-9-5-6-10-20(18)24)23(28)11-7-4-8-12-23/h5-6,9-10,19,28H,4,7-8,11-17H2,1-3H3. The average molecular weight is 467 g/mol. The van der Waals surface area contributed by atoms with Gasteiger partial charge < -0.3 is 14.7 Å². The summed E-state index contributed by atoms with van der Waals surface area (Å²) < 4.78 is 6.58. The first-order valence-electron chi connectivity index (χ1n) is 10.8. The summed E-state index contributed by atoms with van der Waals surface area (Å²) >= 11 is 3.71. The van der Waals surface area contributed by atoms with E-state index in [2.05, 4.69) is 39.0 Å². The van der Waals surface area contributed by atoms with Crippen LogP contribution in [0.1, 0.15) is 64.4 Å². The molecule has 0 bridgehead atoms. The largest absolute Gasteiger partial charge is 0.444 e. The SMILES string of the molecule is CC(C)(C)OC(=O)N1CCN(CC(c2ccccc2Br)C2(O)CCCCC2)CC1. The minimum absolute atomic E-state index is 0.0615. The molecule has 0 radical (unpaired) electrons. The van der Waals surface area contributed by atoms with Crippen LogP contribution in [0.3, 0.4) is 0 Å². The second-order valence-electron chi connectivity index (χ2n) is 9.51. The van der Waals surface area contributed by atoms with E-state index in [1.54, 1.807) is 4.90 Å². The third kappa shape index (κ3) is 5.96. The lowest BCUT2D eigenvalue weighted by Crippen LogP contribution is -2.52. The highest BCUT2D eigenvalue weighted by Crippen LogP contribution is 2.42. The van der Waals surface area contributed by atoms with Crippen LogP contribution in [0.4, 0.5) is 4.79 Å². The molecule has 1 aliphatic carbocycles. The van der Waals surface area contributed by atoms with Gasteiger partial charge in [0, 0.05) is 43.1 Å². The molecule has 1 heterocycles. The van der Waals surface area contributed by atoms with Crippen molar-refractivity contribution >= 4 is 22.0 Å². The number of hydrogen-bond acceptors (Lipinski definition) is 4. The predicted molar refractivity (Wildman–Crippen MR) is 119 cm³/mol. The van der Waals surface area contributed by atoms with E-state index < -0.39 is 11.2 Å². The summed E-state index contributed by atoms with van der Waals surface area (Å²) in [5.74, 6) is 0.0615. The van der Waals surface area contributed by atoms with Gasteiger partial charge in [0.25, 0.3) is 0 Å². The van der Waals surface area contributed by atoms with Gasteiger partial charge in [0.1, 0.15) is 5.60 Å². The molecule has 1 unspecified atom stereocenters. The van der Waals surface area contributed by atoms with Crippen LogP contribution in [0, 0.1) is 0 Å². The number of halogens is 1. The lowest BCUT2D eigenvalue weighted by atomic mass is 9.72. The maximum absolute atomic E-state index is 12.3. The van der Waals surface area contributed by atoms with Crippen molar-refractivity contribution in [1.29, 1.82) is 0 Å². The Labute approximate surface area is 183 Å². The first kappa shape index (κ1) is 22.6. The van der Waals surface area contributed by atoms with Gasteiger partial charge in [0.2, 0.25) is 0 Å². The van der Waals surface area contributed by atoms with Crippen molar-refractivity contribution in [2.75, 3.05) is 32.7 Å². The average Bonchev–Trinajstić information content (AvgIpc) is 2.66. The summed E-state index contributed by atoms with van der Waals surface area (Å²) in [6, 6.07) is 8.28. The van der Waals surface area contributed by atoms with Gasteiger partial charge in [-0.15, -0.1) is 0 Å². The van der Waals surface area contributed by atoms with E-state index in [1.165, 1.54) is 12.0 Å². The lowest BCUT2D eigenvalue weighted by Gasteiger charge is -2.44. The van der Waals surface area contributed by atoms with Crippen LogP contribution in [0.2, 0.25) is 0 Å². The Bertz CT molecular complexity index is 690. The highest BCUT2D eigenvalue weighted by atomic mass is 79.9. The third-order valence-electron chi connectivity index (χ3n) is 6.11. The summed E-state index contributed by atoms with van der Waals surface area (Å²) in [6.45, 7) is 9.43. The van der Waals surface area contributed by atoms with Crippen molar-refractivity contribution in [2.45, 2.75) is 70.0 Å². The molecular weight excluding hydrogens is 432 g/mol. The molecule has 6 heteroatoms. The molecule has 2 aliphatic rings. The Kier molecular flexibility index (Phi) is 7.28. The van der Waals surface area contributed by atoms with E-state index in [4.69, 9.17) is 4.74 Å². The van der Waals surface area contributed by atoms with Crippen LogP contribution in [-0.4, -0.2) is 64.9 Å². The number of piperazine rings is 1. The Morgan fingerprint density at radius 2 is 1.76 bits per heavy atom. The van der Waals surface area contributed by atoms with Crippen LogP contribution in [0.15, 0.2) is 28.7 Å². The third-order valence-corrected chi connectivity index (χ3v) is 6.84. The maximum atomic E-state index is 12.3. The summed E-state index contributed by atoms with van der Waals surface area (Å²) in [6.07, 6.45) is 4.87. The molecule has 0 spiro atoms. The molecule has 1 saturated carbocycles. The molecule has 1 amide bonds. The molecule has 162 valence electrons. The van der Waals surface area contributed by atoms with E-state index >= 15 is 0 Å². The summed E-state index contributed by atoms with van der Waals surface area (Å²) in [7, 11) is 0. The smallest absolute Gasteiger partial charge is 0.410 e. The van der Waals surface area contributed by atoms with Crippen molar-refractivity contribution in [3.05, 3.63) is 34.3 Å². The Morgan fingerprint density at radius 1 is 1.14 bits per heavy atom. The quantitative estimate of drug-likeness (QED) is 0.693. The summed E-state index contributed by atoms with van der Waals surface area (Å²) in [5.41, 5.74) is 0.0552. The van der Waals surface area contributed by atoms with Crippen LogP contribution < -0.4 is 0 Å².